The lowest BCUT2D eigenvalue weighted by atomic mass is 10.1. The van der Waals surface area contributed by atoms with Gasteiger partial charge >= 0.3 is 6.09 Å². The Morgan fingerprint density at radius 1 is 1.22 bits per heavy atom. The fourth-order valence-electron chi connectivity index (χ4n) is 2.06. The molecule has 0 radical (unpaired) electrons. The molecular formula is C18H24N2O3. The maximum absolute atomic E-state index is 11.7. The van der Waals surface area contributed by atoms with E-state index in [4.69, 9.17) is 9.15 Å². The molecule has 23 heavy (non-hydrogen) atoms. The van der Waals surface area contributed by atoms with Gasteiger partial charge in [-0.25, -0.2) is 4.79 Å². The number of rotatable bonds is 5. The van der Waals surface area contributed by atoms with Crippen LogP contribution in [0.2, 0.25) is 0 Å². The third-order valence-corrected chi connectivity index (χ3v) is 3.22. The summed E-state index contributed by atoms with van der Waals surface area (Å²) in [5.41, 5.74) is 1.33. The monoisotopic (exact) mass is 316 g/mol. The van der Waals surface area contributed by atoms with Crippen LogP contribution >= 0.6 is 0 Å². The molecule has 0 saturated carbocycles. The van der Waals surface area contributed by atoms with E-state index >= 15 is 0 Å². The summed E-state index contributed by atoms with van der Waals surface area (Å²) < 4.78 is 10.5. The number of hydrogen-bond donors (Lipinski definition) is 2. The van der Waals surface area contributed by atoms with Gasteiger partial charge in [0.1, 0.15) is 11.4 Å². The first-order valence-corrected chi connectivity index (χ1v) is 7.69. The summed E-state index contributed by atoms with van der Waals surface area (Å²) in [5.74, 6) is 0.903. The number of carbonyl (C=O) groups is 1. The molecule has 0 saturated heterocycles. The molecule has 2 rings (SSSR count). The maximum atomic E-state index is 11.7. The summed E-state index contributed by atoms with van der Waals surface area (Å²) in [6, 6.07) is 11.7. The molecule has 0 aliphatic heterocycles. The molecule has 0 spiro atoms. The van der Waals surface area contributed by atoms with E-state index in [2.05, 4.69) is 17.6 Å². The standard InChI is InChI=1S/C18H24N2O3/c1-13(19-12-16-6-5-11-22-16)14-7-9-15(10-8-14)20-17(21)23-18(2,3)4/h5-11,13,19H,12H2,1-4H3,(H,20,21). The molecule has 0 bridgehead atoms. The summed E-state index contributed by atoms with van der Waals surface area (Å²) in [7, 11) is 0. The first-order chi connectivity index (χ1) is 10.8. The van der Waals surface area contributed by atoms with Crippen molar-refractivity contribution in [2.75, 3.05) is 5.32 Å². The molecule has 1 heterocycles. The van der Waals surface area contributed by atoms with E-state index in [0.29, 0.717) is 12.2 Å². The van der Waals surface area contributed by atoms with Crippen molar-refractivity contribution in [3.63, 3.8) is 0 Å². The average molecular weight is 316 g/mol. The van der Waals surface area contributed by atoms with E-state index in [1.54, 1.807) is 6.26 Å². The third-order valence-electron chi connectivity index (χ3n) is 3.22. The average Bonchev–Trinajstić information content (AvgIpc) is 2.96. The van der Waals surface area contributed by atoms with Crippen LogP contribution in [0.1, 0.15) is 45.1 Å². The Morgan fingerprint density at radius 2 is 1.91 bits per heavy atom. The number of nitrogens with one attached hydrogen (secondary N) is 2. The smallest absolute Gasteiger partial charge is 0.412 e. The molecular weight excluding hydrogens is 292 g/mol. The number of anilines is 1. The SMILES string of the molecule is CC(NCc1ccco1)c1ccc(NC(=O)OC(C)(C)C)cc1. The second kappa shape index (κ2) is 7.33. The summed E-state index contributed by atoms with van der Waals surface area (Å²) in [6.07, 6.45) is 1.22. The predicted octanol–water partition coefficient (Wildman–Crippen LogP) is 4.48. The molecule has 124 valence electrons. The van der Waals surface area contributed by atoms with Crippen LogP contribution in [0, 0.1) is 0 Å². The highest BCUT2D eigenvalue weighted by atomic mass is 16.6. The lowest BCUT2D eigenvalue weighted by Gasteiger charge is -2.20. The molecule has 0 fully saturated rings. The minimum absolute atomic E-state index is 0.177. The Balaban J connectivity index is 1.87. The van der Waals surface area contributed by atoms with Crippen LogP contribution < -0.4 is 10.6 Å². The van der Waals surface area contributed by atoms with Crippen molar-refractivity contribution < 1.29 is 13.9 Å². The van der Waals surface area contributed by atoms with Crippen LogP contribution in [-0.2, 0) is 11.3 Å². The van der Waals surface area contributed by atoms with Crippen molar-refractivity contribution >= 4 is 11.8 Å². The summed E-state index contributed by atoms with van der Waals surface area (Å²) >= 11 is 0. The van der Waals surface area contributed by atoms with Crippen molar-refractivity contribution in [2.45, 2.75) is 45.9 Å². The summed E-state index contributed by atoms with van der Waals surface area (Å²) in [6.45, 7) is 8.26. The Labute approximate surface area is 137 Å². The van der Waals surface area contributed by atoms with Crippen LogP contribution in [0.4, 0.5) is 10.5 Å². The molecule has 5 nitrogen and oxygen atoms in total. The zero-order valence-electron chi connectivity index (χ0n) is 14.1. The number of amides is 1. The van der Waals surface area contributed by atoms with Gasteiger partial charge in [-0.05, 0) is 57.5 Å². The zero-order valence-corrected chi connectivity index (χ0v) is 14.1. The molecule has 1 aromatic carbocycles. The largest absolute Gasteiger partial charge is 0.468 e. The van der Waals surface area contributed by atoms with Crippen molar-refractivity contribution in [1.82, 2.24) is 5.32 Å². The zero-order chi connectivity index (χ0) is 16.9. The van der Waals surface area contributed by atoms with Crippen LogP contribution in [0.15, 0.2) is 47.1 Å². The van der Waals surface area contributed by atoms with Crippen LogP contribution in [0.5, 0.6) is 0 Å². The van der Waals surface area contributed by atoms with Crippen LogP contribution in [0.25, 0.3) is 0 Å². The van der Waals surface area contributed by atoms with Crippen molar-refractivity contribution in [1.29, 1.82) is 0 Å². The maximum Gasteiger partial charge on any atom is 0.412 e. The van der Waals surface area contributed by atoms with Crippen LogP contribution in [0.3, 0.4) is 0 Å². The van der Waals surface area contributed by atoms with E-state index in [1.165, 1.54) is 0 Å². The minimum Gasteiger partial charge on any atom is -0.468 e. The van der Waals surface area contributed by atoms with Crippen molar-refractivity contribution in [2.24, 2.45) is 0 Å². The van der Waals surface area contributed by atoms with Gasteiger partial charge in [-0.1, -0.05) is 12.1 Å². The Morgan fingerprint density at radius 3 is 2.48 bits per heavy atom. The molecule has 5 heteroatoms. The molecule has 1 unspecified atom stereocenters. The van der Waals surface area contributed by atoms with Gasteiger partial charge in [0.05, 0.1) is 12.8 Å². The molecule has 0 aliphatic carbocycles. The molecule has 1 atom stereocenters. The van der Waals surface area contributed by atoms with Gasteiger partial charge in [-0.2, -0.15) is 0 Å². The molecule has 1 aromatic heterocycles. The van der Waals surface area contributed by atoms with Gasteiger partial charge in [-0.15, -0.1) is 0 Å². The topological polar surface area (TPSA) is 63.5 Å². The van der Waals surface area contributed by atoms with Gasteiger partial charge in [0.15, 0.2) is 0 Å². The fraction of sp³-hybridized carbons (Fsp3) is 0.389. The van der Waals surface area contributed by atoms with E-state index in [-0.39, 0.29) is 6.04 Å². The van der Waals surface area contributed by atoms with E-state index < -0.39 is 11.7 Å². The minimum atomic E-state index is -0.506. The van der Waals surface area contributed by atoms with E-state index in [1.807, 2.05) is 57.2 Å². The highest BCUT2D eigenvalue weighted by Crippen LogP contribution is 2.17. The lowest BCUT2D eigenvalue weighted by molar-refractivity contribution is 0.0636. The van der Waals surface area contributed by atoms with Crippen LogP contribution in [-0.4, -0.2) is 11.7 Å². The Hall–Kier alpha value is -2.27. The van der Waals surface area contributed by atoms with Crippen molar-refractivity contribution in [3.05, 3.63) is 54.0 Å². The second-order valence-electron chi connectivity index (χ2n) is 6.43. The highest BCUT2D eigenvalue weighted by Gasteiger charge is 2.16. The number of hydrogen-bond acceptors (Lipinski definition) is 4. The number of furan rings is 1. The number of benzene rings is 1. The summed E-state index contributed by atoms with van der Waals surface area (Å²) in [4.78, 5) is 11.7. The normalized spacial score (nSPS) is 12.7. The summed E-state index contributed by atoms with van der Waals surface area (Å²) in [5, 5.41) is 6.11. The van der Waals surface area contributed by atoms with Gasteiger partial charge in [-0.3, -0.25) is 5.32 Å². The molecule has 2 N–H and O–H groups in total. The highest BCUT2D eigenvalue weighted by molar-refractivity contribution is 5.84. The molecule has 2 aromatic rings. The fourth-order valence-corrected chi connectivity index (χ4v) is 2.06. The number of ether oxygens (including phenoxy) is 1. The lowest BCUT2D eigenvalue weighted by Crippen LogP contribution is -2.27. The molecule has 0 aliphatic rings. The third kappa shape index (κ3) is 5.79. The van der Waals surface area contributed by atoms with Gasteiger partial charge in [0.25, 0.3) is 0 Å². The first kappa shape index (κ1) is 17.1. The van der Waals surface area contributed by atoms with Gasteiger partial charge in [0, 0.05) is 11.7 Å². The van der Waals surface area contributed by atoms with Gasteiger partial charge in [0.2, 0.25) is 0 Å². The molecule has 1 amide bonds. The Bertz CT molecular complexity index is 613. The van der Waals surface area contributed by atoms with Crippen molar-refractivity contribution in [3.8, 4) is 0 Å². The van der Waals surface area contributed by atoms with E-state index in [9.17, 15) is 4.79 Å². The second-order valence-corrected chi connectivity index (χ2v) is 6.43. The van der Waals surface area contributed by atoms with E-state index in [0.717, 1.165) is 11.3 Å². The van der Waals surface area contributed by atoms with Gasteiger partial charge < -0.3 is 14.5 Å². The quantitative estimate of drug-likeness (QED) is 0.854. The first-order valence-electron chi connectivity index (χ1n) is 7.69. The Kier molecular flexibility index (Phi) is 5.45. The predicted molar refractivity (Wildman–Crippen MR) is 90.3 cm³/mol. The number of carbonyl (C=O) groups excluding carboxylic acids is 1.